The Balaban J connectivity index is 2.43. The van der Waals surface area contributed by atoms with Gasteiger partial charge in [0.05, 0.1) is 0 Å². The SMILES string of the molecule is CCCNC1CCCC1N(C)C(C)CCC. The molecule has 0 amide bonds. The number of nitrogens with one attached hydrogen (secondary N) is 1. The maximum Gasteiger partial charge on any atom is 0.0249 e. The van der Waals surface area contributed by atoms with Crippen molar-refractivity contribution >= 4 is 0 Å². The smallest absolute Gasteiger partial charge is 0.0249 e. The summed E-state index contributed by atoms with van der Waals surface area (Å²) in [5, 5.41) is 3.72. The minimum absolute atomic E-state index is 0.735. The molecule has 16 heavy (non-hydrogen) atoms. The van der Waals surface area contributed by atoms with Crippen molar-refractivity contribution in [2.24, 2.45) is 0 Å². The third kappa shape index (κ3) is 3.74. The predicted octanol–water partition coefficient (Wildman–Crippen LogP) is 3.03. The van der Waals surface area contributed by atoms with Gasteiger partial charge >= 0.3 is 0 Å². The van der Waals surface area contributed by atoms with Crippen LogP contribution in [0.4, 0.5) is 0 Å². The highest BCUT2D eigenvalue weighted by Gasteiger charge is 2.31. The molecule has 2 nitrogen and oxygen atoms in total. The van der Waals surface area contributed by atoms with Crippen LogP contribution in [0, 0.1) is 0 Å². The molecule has 0 aromatic carbocycles. The fraction of sp³-hybridized carbons (Fsp3) is 1.00. The maximum atomic E-state index is 3.72. The summed E-state index contributed by atoms with van der Waals surface area (Å²) in [7, 11) is 2.32. The summed E-state index contributed by atoms with van der Waals surface area (Å²) in [5.74, 6) is 0. The van der Waals surface area contributed by atoms with E-state index >= 15 is 0 Å². The number of hydrogen-bond donors (Lipinski definition) is 1. The second kappa shape index (κ2) is 7.29. The molecule has 1 aliphatic rings. The van der Waals surface area contributed by atoms with Gasteiger partial charge < -0.3 is 5.32 Å². The van der Waals surface area contributed by atoms with Crippen LogP contribution >= 0.6 is 0 Å². The van der Waals surface area contributed by atoms with Crippen molar-refractivity contribution in [2.75, 3.05) is 13.6 Å². The van der Waals surface area contributed by atoms with Gasteiger partial charge in [0.15, 0.2) is 0 Å². The molecule has 0 aliphatic heterocycles. The Labute approximate surface area is 102 Å². The second-order valence-corrected chi connectivity index (χ2v) is 5.36. The Bertz CT molecular complexity index is 182. The third-order valence-corrected chi connectivity index (χ3v) is 4.06. The summed E-state index contributed by atoms with van der Waals surface area (Å²) < 4.78 is 0. The molecule has 0 saturated heterocycles. The minimum Gasteiger partial charge on any atom is -0.312 e. The molecular weight excluding hydrogens is 196 g/mol. The normalized spacial score (nSPS) is 27.6. The average molecular weight is 226 g/mol. The molecule has 1 rings (SSSR count). The molecule has 0 spiro atoms. The van der Waals surface area contributed by atoms with Crippen LogP contribution in [0.2, 0.25) is 0 Å². The third-order valence-electron chi connectivity index (χ3n) is 4.06. The topological polar surface area (TPSA) is 15.3 Å². The standard InChI is InChI=1S/C14H30N2/c1-5-8-12(3)16(4)14-10-7-9-13(14)15-11-6-2/h12-15H,5-11H2,1-4H3. The molecule has 3 unspecified atom stereocenters. The zero-order valence-corrected chi connectivity index (χ0v) is 11.6. The summed E-state index contributed by atoms with van der Waals surface area (Å²) in [6.45, 7) is 8.09. The fourth-order valence-electron chi connectivity index (χ4n) is 2.94. The first-order valence-corrected chi connectivity index (χ1v) is 7.16. The van der Waals surface area contributed by atoms with Crippen molar-refractivity contribution in [2.45, 2.75) is 77.4 Å². The van der Waals surface area contributed by atoms with E-state index < -0.39 is 0 Å². The monoisotopic (exact) mass is 226 g/mol. The molecule has 2 heteroatoms. The number of hydrogen-bond acceptors (Lipinski definition) is 2. The highest BCUT2D eigenvalue weighted by molar-refractivity contribution is 4.90. The second-order valence-electron chi connectivity index (χ2n) is 5.36. The van der Waals surface area contributed by atoms with Gasteiger partial charge in [0.1, 0.15) is 0 Å². The van der Waals surface area contributed by atoms with Crippen LogP contribution in [0.25, 0.3) is 0 Å². The van der Waals surface area contributed by atoms with Crippen LogP contribution in [0.15, 0.2) is 0 Å². The van der Waals surface area contributed by atoms with Gasteiger partial charge in [0.25, 0.3) is 0 Å². The Morgan fingerprint density at radius 1 is 1.25 bits per heavy atom. The largest absolute Gasteiger partial charge is 0.312 e. The first-order chi connectivity index (χ1) is 7.70. The van der Waals surface area contributed by atoms with Crippen molar-refractivity contribution in [1.82, 2.24) is 10.2 Å². The molecule has 1 aliphatic carbocycles. The molecular formula is C14H30N2. The molecule has 1 fully saturated rings. The zero-order valence-electron chi connectivity index (χ0n) is 11.6. The summed E-state index contributed by atoms with van der Waals surface area (Å²) in [6, 6.07) is 2.25. The van der Waals surface area contributed by atoms with Crippen LogP contribution in [0.1, 0.15) is 59.3 Å². The molecule has 0 radical (unpaired) electrons. The van der Waals surface area contributed by atoms with Crippen LogP contribution < -0.4 is 5.32 Å². The van der Waals surface area contributed by atoms with Crippen molar-refractivity contribution in [3.63, 3.8) is 0 Å². The zero-order chi connectivity index (χ0) is 12.0. The molecule has 3 atom stereocenters. The van der Waals surface area contributed by atoms with Gasteiger partial charge in [0.2, 0.25) is 0 Å². The van der Waals surface area contributed by atoms with E-state index in [1.165, 1.54) is 45.1 Å². The summed E-state index contributed by atoms with van der Waals surface area (Å²) >= 11 is 0. The maximum absolute atomic E-state index is 3.72. The highest BCUT2D eigenvalue weighted by atomic mass is 15.2. The van der Waals surface area contributed by atoms with E-state index in [0.29, 0.717) is 0 Å². The quantitative estimate of drug-likeness (QED) is 0.718. The fourth-order valence-corrected chi connectivity index (χ4v) is 2.94. The van der Waals surface area contributed by atoms with Crippen LogP contribution in [0.3, 0.4) is 0 Å². The Morgan fingerprint density at radius 3 is 2.62 bits per heavy atom. The predicted molar refractivity (Wildman–Crippen MR) is 71.9 cm³/mol. The molecule has 96 valence electrons. The van der Waals surface area contributed by atoms with E-state index in [1.54, 1.807) is 0 Å². The molecule has 1 saturated carbocycles. The molecule has 1 N–H and O–H groups in total. The van der Waals surface area contributed by atoms with Crippen molar-refractivity contribution in [1.29, 1.82) is 0 Å². The summed E-state index contributed by atoms with van der Waals surface area (Å²) in [4.78, 5) is 2.61. The number of likely N-dealkylation sites (N-methyl/N-ethyl adjacent to an activating group) is 1. The van der Waals surface area contributed by atoms with Crippen LogP contribution in [-0.2, 0) is 0 Å². The summed E-state index contributed by atoms with van der Waals surface area (Å²) in [5.41, 5.74) is 0. The molecule has 0 aromatic rings. The van der Waals surface area contributed by atoms with Gasteiger partial charge in [-0.15, -0.1) is 0 Å². The lowest BCUT2D eigenvalue weighted by Gasteiger charge is -2.34. The first kappa shape index (κ1) is 14.0. The van der Waals surface area contributed by atoms with E-state index in [0.717, 1.165) is 18.1 Å². The number of rotatable bonds is 7. The van der Waals surface area contributed by atoms with Gasteiger partial charge in [-0.25, -0.2) is 0 Å². The van der Waals surface area contributed by atoms with E-state index in [9.17, 15) is 0 Å². The van der Waals surface area contributed by atoms with E-state index in [2.05, 4.69) is 38.0 Å². The average Bonchev–Trinajstić information content (AvgIpc) is 2.73. The lowest BCUT2D eigenvalue weighted by atomic mass is 10.1. The van der Waals surface area contributed by atoms with Gasteiger partial charge in [-0.3, -0.25) is 4.90 Å². The van der Waals surface area contributed by atoms with Gasteiger partial charge in [-0.1, -0.05) is 26.7 Å². The summed E-state index contributed by atoms with van der Waals surface area (Å²) in [6.07, 6.45) is 8.02. The Morgan fingerprint density at radius 2 is 2.00 bits per heavy atom. The van der Waals surface area contributed by atoms with Crippen LogP contribution in [0.5, 0.6) is 0 Å². The molecule has 0 aromatic heterocycles. The van der Waals surface area contributed by atoms with E-state index in [-0.39, 0.29) is 0 Å². The van der Waals surface area contributed by atoms with E-state index in [1.807, 2.05) is 0 Å². The van der Waals surface area contributed by atoms with Crippen LogP contribution in [-0.4, -0.2) is 36.6 Å². The Kier molecular flexibility index (Phi) is 6.37. The van der Waals surface area contributed by atoms with Gasteiger partial charge in [-0.05, 0) is 46.2 Å². The lowest BCUT2D eigenvalue weighted by Crippen LogP contribution is -2.48. The lowest BCUT2D eigenvalue weighted by molar-refractivity contribution is 0.154. The number of nitrogens with zero attached hydrogens (tertiary/aromatic N) is 1. The minimum atomic E-state index is 0.735. The molecule has 0 heterocycles. The van der Waals surface area contributed by atoms with Crippen molar-refractivity contribution < 1.29 is 0 Å². The Hall–Kier alpha value is -0.0800. The van der Waals surface area contributed by atoms with Gasteiger partial charge in [0, 0.05) is 18.1 Å². The van der Waals surface area contributed by atoms with Gasteiger partial charge in [-0.2, -0.15) is 0 Å². The first-order valence-electron chi connectivity index (χ1n) is 7.16. The molecule has 0 bridgehead atoms. The van der Waals surface area contributed by atoms with E-state index in [4.69, 9.17) is 0 Å². The van der Waals surface area contributed by atoms with Crippen molar-refractivity contribution in [3.8, 4) is 0 Å². The highest BCUT2D eigenvalue weighted by Crippen LogP contribution is 2.25. The van der Waals surface area contributed by atoms with Crippen molar-refractivity contribution in [3.05, 3.63) is 0 Å².